The first kappa shape index (κ1) is 10.0. The summed E-state index contributed by atoms with van der Waals surface area (Å²) in [6, 6.07) is 0. The van der Waals surface area contributed by atoms with Crippen molar-refractivity contribution in [3.63, 3.8) is 0 Å². The molecule has 0 aromatic rings. The van der Waals surface area contributed by atoms with E-state index in [1.54, 1.807) is 0 Å². The van der Waals surface area contributed by atoms with Crippen molar-refractivity contribution >= 4 is 0 Å². The van der Waals surface area contributed by atoms with Crippen molar-refractivity contribution in [3.8, 4) is 0 Å². The quantitative estimate of drug-likeness (QED) is 0.681. The van der Waals surface area contributed by atoms with Crippen LogP contribution in [0, 0.1) is 11.8 Å². The summed E-state index contributed by atoms with van der Waals surface area (Å²) in [4.78, 5) is 2.46. The van der Waals surface area contributed by atoms with E-state index in [1.807, 2.05) is 0 Å². The van der Waals surface area contributed by atoms with Crippen LogP contribution in [0.2, 0.25) is 0 Å². The molecule has 1 aliphatic heterocycles. The van der Waals surface area contributed by atoms with Crippen LogP contribution in [0.5, 0.6) is 0 Å². The van der Waals surface area contributed by atoms with Gasteiger partial charge in [0.25, 0.3) is 0 Å². The van der Waals surface area contributed by atoms with Gasteiger partial charge >= 0.3 is 0 Å². The van der Waals surface area contributed by atoms with Crippen LogP contribution in [0.1, 0.15) is 20.3 Å². The first-order valence-electron chi connectivity index (χ1n) is 5.07. The molecule has 0 radical (unpaired) electrons. The summed E-state index contributed by atoms with van der Waals surface area (Å²) in [7, 11) is 2.23. The molecule has 1 rings (SSSR count). The Morgan fingerprint density at radius 3 is 2.75 bits per heavy atom. The number of rotatable bonds is 4. The van der Waals surface area contributed by atoms with Crippen molar-refractivity contribution in [2.24, 2.45) is 11.8 Å². The summed E-state index contributed by atoms with van der Waals surface area (Å²) in [6.07, 6.45) is 1.36. The summed E-state index contributed by atoms with van der Waals surface area (Å²) in [5, 5.41) is 3.40. The molecular weight excluding hydrogens is 148 g/mol. The molecule has 72 valence electrons. The third-order valence-corrected chi connectivity index (χ3v) is 2.41. The minimum absolute atomic E-state index is 0.796. The molecule has 0 amide bonds. The number of hydrogen-bond acceptors (Lipinski definition) is 2. The lowest BCUT2D eigenvalue weighted by molar-refractivity contribution is 0.257. The second-order valence-corrected chi connectivity index (χ2v) is 4.47. The highest BCUT2D eigenvalue weighted by molar-refractivity contribution is 4.73. The second-order valence-electron chi connectivity index (χ2n) is 4.47. The Balaban J connectivity index is 2.11. The van der Waals surface area contributed by atoms with E-state index < -0.39 is 0 Å². The fraction of sp³-hybridized carbons (Fsp3) is 1.00. The number of hydrogen-bond donors (Lipinski definition) is 1. The van der Waals surface area contributed by atoms with Gasteiger partial charge in [0.05, 0.1) is 0 Å². The maximum absolute atomic E-state index is 3.40. The lowest BCUT2D eigenvalue weighted by Crippen LogP contribution is -2.29. The maximum Gasteiger partial charge on any atom is 0.00193 e. The molecular formula is C10H22N2. The molecule has 1 atom stereocenters. The molecule has 0 spiro atoms. The van der Waals surface area contributed by atoms with Crippen LogP contribution in [-0.2, 0) is 0 Å². The normalized spacial score (nSPS) is 24.2. The van der Waals surface area contributed by atoms with Crippen molar-refractivity contribution in [3.05, 3.63) is 0 Å². The summed E-state index contributed by atoms with van der Waals surface area (Å²) in [5.74, 6) is 1.69. The summed E-state index contributed by atoms with van der Waals surface area (Å²) >= 11 is 0. The average Bonchev–Trinajstić information content (AvgIpc) is 2.37. The van der Waals surface area contributed by atoms with Gasteiger partial charge < -0.3 is 10.2 Å². The molecule has 0 saturated carbocycles. The summed E-state index contributed by atoms with van der Waals surface area (Å²) < 4.78 is 0. The molecule has 1 unspecified atom stereocenters. The molecule has 2 nitrogen and oxygen atoms in total. The van der Waals surface area contributed by atoms with Crippen LogP contribution in [0.3, 0.4) is 0 Å². The molecule has 0 aromatic heterocycles. The molecule has 1 aliphatic rings. The minimum atomic E-state index is 0.796. The van der Waals surface area contributed by atoms with E-state index >= 15 is 0 Å². The zero-order valence-corrected chi connectivity index (χ0v) is 8.64. The molecule has 12 heavy (non-hydrogen) atoms. The largest absolute Gasteiger partial charge is 0.316 e. The average molecular weight is 170 g/mol. The second kappa shape index (κ2) is 4.83. The van der Waals surface area contributed by atoms with Gasteiger partial charge in [0.2, 0.25) is 0 Å². The van der Waals surface area contributed by atoms with Crippen LogP contribution < -0.4 is 5.32 Å². The van der Waals surface area contributed by atoms with Gasteiger partial charge in [0.15, 0.2) is 0 Å². The molecule has 1 fully saturated rings. The Morgan fingerprint density at radius 2 is 2.25 bits per heavy atom. The van der Waals surface area contributed by atoms with Crippen molar-refractivity contribution in [1.29, 1.82) is 0 Å². The van der Waals surface area contributed by atoms with E-state index in [0.717, 1.165) is 11.8 Å². The topological polar surface area (TPSA) is 15.3 Å². The summed E-state index contributed by atoms with van der Waals surface area (Å²) in [6.45, 7) is 9.51. The zero-order valence-electron chi connectivity index (χ0n) is 8.64. The van der Waals surface area contributed by atoms with Crippen LogP contribution >= 0.6 is 0 Å². The van der Waals surface area contributed by atoms with Gasteiger partial charge in [-0.15, -0.1) is 0 Å². The predicted molar refractivity (Wildman–Crippen MR) is 53.3 cm³/mol. The van der Waals surface area contributed by atoms with Gasteiger partial charge in [0, 0.05) is 13.1 Å². The molecule has 0 aromatic carbocycles. The molecule has 1 saturated heterocycles. The van der Waals surface area contributed by atoms with Crippen molar-refractivity contribution in [2.75, 3.05) is 33.2 Å². The smallest absolute Gasteiger partial charge is 0.00193 e. The van der Waals surface area contributed by atoms with E-state index in [9.17, 15) is 0 Å². The van der Waals surface area contributed by atoms with E-state index in [0.29, 0.717) is 0 Å². The predicted octanol–water partition coefficient (Wildman–Crippen LogP) is 1.18. The maximum atomic E-state index is 3.40. The van der Waals surface area contributed by atoms with Gasteiger partial charge in [-0.1, -0.05) is 13.8 Å². The number of nitrogens with zero attached hydrogens (tertiary/aromatic N) is 1. The van der Waals surface area contributed by atoms with Crippen molar-refractivity contribution in [1.82, 2.24) is 10.2 Å². The fourth-order valence-electron chi connectivity index (χ4n) is 2.01. The highest BCUT2D eigenvalue weighted by Crippen LogP contribution is 2.09. The lowest BCUT2D eigenvalue weighted by atomic mass is 10.1. The monoisotopic (exact) mass is 170 g/mol. The third-order valence-electron chi connectivity index (χ3n) is 2.41. The first-order valence-corrected chi connectivity index (χ1v) is 5.07. The van der Waals surface area contributed by atoms with Crippen molar-refractivity contribution < 1.29 is 0 Å². The van der Waals surface area contributed by atoms with Crippen LogP contribution in [-0.4, -0.2) is 38.1 Å². The van der Waals surface area contributed by atoms with E-state index in [4.69, 9.17) is 0 Å². The van der Waals surface area contributed by atoms with Crippen LogP contribution in [0.15, 0.2) is 0 Å². The Labute approximate surface area is 76.3 Å². The fourth-order valence-corrected chi connectivity index (χ4v) is 2.01. The first-order chi connectivity index (χ1) is 5.68. The number of nitrogens with one attached hydrogen (secondary N) is 1. The molecule has 0 aliphatic carbocycles. The van der Waals surface area contributed by atoms with E-state index in [1.165, 1.54) is 32.6 Å². The molecule has 2 heteroatoms. The Morgan fingerprint density at radius 1 is 1.50 bits per heavy atom. The summed E-state index contributed by atoms with van der Waals surface area (Å²) in [5.41, 5.74) is 0. The standard InChI is InChI=1S/C10H22N2/c1-9(2)7-12(3)8-10-4-5-11-6-10/h9-11H,4-8H2,1-3H3. The third kappa shape index (κ3) is 3.55. The Bertz CT molecular complexity index is 117. The Hall–Kier alpha value is -0.0800. The van der Waals surface area contributed by atoms with Crippen molar-refractivity contribution in [2.45, 2.75) is 20.3 Å². The van der Waals surface area contributed by atoms with Crippen LogP contribution in [0.4, 0.5) is 0 Å². The van der Waals surface area contributed by atoms with Gasteiger partial charge in [-0.3, -0.25) is 0 Å². The van der Waals surface area contributed by atoms with Gasteiger partial charge in [-0.2, -0.15) is 0 Å². The van der Waals surface area contributed by atoms with Crippen LogP contribution in [0.25, 0.3) is 0 Å². The zero-order chi connectivity index (χ0) is 8.97. The van der Waals surface area contributed by atoms with Gasteiger partial charge in [-0.05, 0) is 38.4 Å². The highest BCUT2D eigenvalue weighted by atomic mass is 15.1. The van der Waals surface area contributed by atoms with Gasteiger partial charge in [0.1, 0.15) is 0 Å². The van der Waals surface area contributed by atoms with Gasteiger partial charge in [-0.25, -0.2) is 0 Å². The Kier molecular flexibility index (Phi) is 4.02. The molecule has 1 heterocycles. The highest BCUT2D eigenvalue weighted by Gasteiger charge is 2.16. The molecule has 0 bridgehead atoms. The SMILES string of the molecule is CC(C)CN(C)CC1CCNC1. The minimum Gasteiger partial charge on any atom is -0.316 e. The van der Waals surface area contributed by atoms with E-state index in [-0.39, 0.29) is 0 Å². The molecule has 1 N–H and O–H groups in total. The van der Waals surface area contributed by atoms with E-state index in [2.05, 4.69) is 31.1 Å². The lowest BCUT2D eigenvalue weighted by Gasteiger charge is -2.21.